The zero-order chi connectivity index (χ0) is 10.4. The Labute approximate surface area is 86.1 Å². The van der Waals surface area contributed by atoms with E-state index in [-0.39, 0.29) is 0 Å². The molecule has 1 nitrogen and oxygen atoms in total. The first kappa shape index (κ1) is 11.0. The molecule has 0 aliphatic rings. The molecule has 0 heterocycles. The summed E-state index contributed by atoms with van der Waals surface area (Å²) in [4.78, 5) is 10.7. The van der Waals surface area contributed by atoms with E-state index < -0.39 is 0 Å². The fraction of sp³-hybridized carbons (Fsp3) is 0.462. The third-order valence-corrected chi connectivity index (χ3v) is 2.49. The van der Waals surface area contributed by atoms with Crippen molar-refractivity contribution in [3.05, 3.63) is 35.4 Å². The number of carbonyl (C=O) groups is 1. The first-order valence-electron chi connectivity index (χ1n) is 5.24. The summed E-state index contributed by atoms with van der Waals surface area (Å²) in [5, 5.41) is 0. The van der Waals surface area contributed by atoms with Crippen molar-refractivity contribution < 1.29 is 4.79 Å². The molecule has 0 fully saturated rings. The number of benzene rings is 1. The first-order valence-corrected chi connectivity index (χ1v) is 5.24. The second-order valence-corrected chi connectivity index (χ2v) is 3.84. The highest BCUT2D eigenvalue weighted by Crippen LogP contribution is 2.11. The van der Waals surface area contributed by atoms with Crippen molar-refractivity contribution in [3.8, 4) is 0 Å². The molecular weight excluding hydrogens is 172 g/mol. The fourth-order valence-corrected chi connectivity index (χ4v) is 1.58. The average Bonchev–Trinajstić information content (AvgIpc) is 2.15. The first-order chi connectivity index (χ1) is 6.70. The molecule has 0 radical (unpaired) electrons. The van der Waals surface area contributed by atoms with E-state index >= 15 is 0 Å². The van der Waals surface area contributed by atoms with Gasteiger partial charge in [0, 0.05) is 6.42 Å². The molecule has 76 valence electrons. The molecule has 0 saturated heterocycles. The highest BCUT2D eigenvalue weighted by molar-refractivity contribution is 5.75. The van der Waals surface area contributed by atoms with E-state index in [9.17, 15) is 4.79 Å². The Morgan fingerprint density at radius 3 is 2.57 bits per heavy atom. The number of aryl methyl sites for hydroxylation is 2. The number of unbranched alkanes of at least 4 members (excludes halogenated alkanes) is 1. The number of rotatable bonds is 5. The summed E-state index contributed by atoms with van der Waals surface area (Å²) in [6, 6.07) is 8.45. The van der Waals surface area contributed by atoms with Gasteiger partial charge in [0.1, 0.15) is 5.78 Å². The minimum atomic E-state index is 0.301. The van der Waals surface area contributed by atoms with Crippen LogP contribution in [0.25, 0.3) is 0 Å². The summed E-state index contributed by atoms with van der Waals surface area (Å²) < 4.78 is 0. The highest BCUT2D eigenvalue weighted by Gasteiger charge is 1.98. The van der Waals surface area contributed by atoms with Crippen LogP contribution >= 0.6 is 0 Å². The molecule has 0 aliphatic heterocycles. The van der Waals surface area contributed by atoms with Crippen molar-refractivity contribution in [2.45, 2.75) is 39.5 Å². The van der Waals surface area contributed by atoms with E-state index in [2.05, 4.69) is 31.2 Å². The molecule has 14 heavy (non-hydrogen) atoms. The number of carbonyl (C=O) groups excluding carboxylic acids is 1. The molecule has 0 atom stereocenters. The zero-order valence-corrected chi connectivity index (χ0v) is 9.05. The molecule has 0 spiro atoms. The van der Waals surface area contributed by atoms with Gasteiger partial charge in [0.15, 0.2) is 0 Å². The minimum absolute atomic E-state index is 0.301. The van der Waals surface area contributed by atoms with E-state index in [1.165, 1.54) is 11.1 Å². The van der Waals surface area contributed by atoms with Gasteiger partial charge in [0.2, 0.25) is 0 Å². The molecule has 0 N–H and O–H groups in total. The maximum absolute atomic E-state index is 10.7. The van der Waals surface area contributed by atoms with Gasteiger partial charge in [-0.25, -0.2) is 0 Å². The monoisotopic (exact) mass is 190 g/mol. The topological polar surface area (TPSA) is 17.1 Å². The fourth-order valence-electron chi connectivity index (χ4n) is 1.58. The number of ketones is 1. The van der Waals surface area contributed by atoms with E-state index in [1.807, 2.05) is 0 Å². The molecule has 0 aliphatic carbocycles. The molecule has 0 aromatic heterocycles. The van der Waals surface area contributed by atoms with Gasteiger partial charge in [-0.1, -0.05) is 24.3 Å². The van der Waals surface area contributed by atoms with Crippen molar-refractivity contribution in [3.63, 3.8) is 0 Å². The van der Waals surface area contributed by atoms with Crippen LogP contribution in [0.15, 0.2) is 24.3 Å². The lowest BCUT2D eigenvalue weighted by Gasteiger charge is -2.04. The van der Waals surface area contributed by atoms with Crippen molar-refractivity contribution in [1.82, 2.24) is 0 Å². The van der Waals surface area contributed by atoms with Crippen molar-refractivity contribution in [1.29, 1.82) is 0 Å². The molecule has 1 rings (SSSR count). The van der Waals surface area contributed by atoms with E-state index in [1.54, 1.807) is 6.92 Å². The Morgan fingerprint density at radius 1 is 1.21 bits per heavy atom. The second kappa shape index (κ2) is 5.58. The largest absolute Gasteiger partial charge is 0.300 e. The molecule has 1 aromatic carbocycles. The Kier molecular flexibility index (Phi) is 4.37. The van der Waals surface area contributed by atoms with Gasteiger partial charge in [-0.3, -0.25) is 0 Å². The molecule has 0 saturated carbocycles. The van der Waals surface area contributed by atoms with Crippen molar-refractivity contribution in [2.75, 3.05) is 0 Å². The third-order valence-electron chi connectivity index (χ3n) is 2.49. The van der Waals surface area contributed by atoms with Gasteiger partial charge in [-0.15, -0.1) is 0 Å². The van der Waals surface area contributed by atoms with Gasteiger partial charge in [-0.2, -0.15) is 0 Å². The number of Topliss-reactive ketones (excluding diaryl/α,β-unsaturated/α-hetero) is 1. The lowest BCUT2D eigenvalue weighted by atomic mass is 10.0. The van der Waals surface area contributed by atoms with Gasteiger partial charge >= 0.3 is 0 Å². The predicted molar refractivity (Wildman–Crippen MR) is 59.4 cm³/mol. The van der Waals surface area contributed by atoms with Crippen LogP contribution in [0.3, 0.4) is 0 Å². The van der Waals surface area contributed by atoms with Crippen LogP contribution in [0, 0.1) is 6.92 Å². The van der Waals surface area contributed by atoms with Crippen LogP contribution in [-0.4, -0.2) is 5.78 Å². The van der Waals surface area contributed by atoms with E-state index in [0.717, 1.165) is 25.7 Å². The normalized spacial score (nSPS) is 10.1. The summed E-state index contributed by atoms with van der Waals surface area (Å²) in [6.45, 7) is 3.80. The van der Waals surface area contributed by atoms with Gasteiger partial charge in [0.05, 0.1) is 0 Å². The standard InChI is InChI=1S/C13H18O/c1-11-7-3-5-9-13(11)10-6-4-8-12(2)14/h3,5,7,9H,4,6,8,10H2,1-2H3. The number of hydrogen-bond donors (Lipinski definition) is 0. The molecule has 1 aromatic rings. The van der Waals surface area contributed by atoms with Crippen molar-refractivity contribution >= 4 is 5.78 Å². The van der Waals surface area contributed by atoms with Crippen LogP contribution in [0.4, 0.5) is 0 Å². The summed E-state index contributed by atoms with van der Waals surface area (Å²) in [7, 11) is 0. The molecule has 0 bridgehead atoms. The summed E-state index contributed by atoms with van der Waals surface area (Å²) in [6.07, 6.45) is 3.96. The molecular formula is C13H18O. The lowest BCUT2D eigenvalue weighted by Crippen LogP contribution is -1.93. The van der Waals surface area contributed by atoms with Crippen LogP contribution in [0.1, 0.15) is 37.3 Å². The quantitative estimate of drug-likeness (QED) is 0.651. The van der Waals surface area contributed by atoms with Crippen LogP contribution in [-0.2, 0) is 11.2 Å². The third kappa shape index (κ3) is 3.73. The second-order valence-electron chi connectivity index (χ2n) is 3.84. The number of hydrogen-bond acceptors (Lipinski definition) is 1. The molecule has 0 amide bonds. The van der Waals surface area contributed by atoms with Gasteiger partial charge in [0.25, 0.3) is 0 Å². The van der Waals surface area contributed by atoms with Crippen LogP contribution in [0.5, 0.6) is 0 Å². The van der Waals surface area contributed by atoms with Gasteiger partial charge < -0.3 is 4.79 Å². The van der Waals surface area contributed by atoms with E-state index in [4.69, 9.17) is 0 Å². The maximum Gasteiger partial charge on any atom is 0.129 e. The minimum Gasteiger partial charge on any atom is -0.300 e. The van der Waals surface area contributed by atoms with E-state index in [0.29, 0.717) is 5.78 Å². The summed E-state index contributed by atoms with van der Waals surface area (Å²) in [5.41, 5.74) is 2.77. The van der Waals surface area contributed by atoms with Crippen LogP contribution in [0.2, 0.25) is 0 Å². The highest BCUT2D eigenvalue weighted by atomic mass is 16.1. The van der Waals surface area contributed by atoms with Gasteiger partial charge in [-0.05, 0) is 44.2 Å². The van der Waals surface area contributed by atoms with Crippen LogP contribution < -0.4 is 0 Å². The molecule has 1 heteroatoms. The Morgan fingerprint density at radius 2 is 1.93 bits per heavy atom. The summed E-state index contributed by atoms with van der Waals surface area (Å²) >= 11 is 0. The Balaban J connectivity index is 2.31. The predicted octanol–water partition coefficient (Wildman–Crippen LogP) is 3.30. The maximum atomic E-state index is 10.7. The average molecular weight is 190 g/mol. The SMILES string of the molecule is CC(=O)CCCCc1ccccc1C. The lowest BCUT2D eigenvalue weighted by molar-refractivity contribution is -0.117. The molecule has 0 unspecified atom stereocenters. The Bertz CT molecular complexity index is 302. The smallest absolute Gasteiger partial charge is 0.129 e. The zero-order valence-electron chi connectivity index (χ0n) is 9.05. The Hall–Kier alpha value is -1.11. The van der Waals surface area contributed by atoms with Crippen molar-refractivity contribution in [2.24, 2.45) is 0 Å². The summed E-state index contributed by atoms with van der Waals surface area (Å²) in [5.74, 6) is 0.301.